The van der Waals surface area contributed by atoms with Crippen molar-refractivity contribution in [3.63, 3.8) is 0 Å². The minimum absolute atomic E-state index is 0.0563. The zero-order valence-corrected chi connectivity index (χ0v) is 15.4. The topological polar surface area (TPSA) is 43.6 Å². The maximum absolute atomic E-state index is 13.1. The Morgan fingerprint density at radius 1 is 0.897 bits per heavy atom. The summed E-state index contributed by atoms with van der Waals surface area (Å²) in [4.78, 5) is 3.92. The molecular formula is C19H16F6N4. The van der Waals surface area contributed by atoms with Gasteiger partial charge in [-0.05, 0) is 41.8 Å². The summed E-state index contributed by atoms with van der Waals surface area (Å²) in [6.07, 6.45) is -6.75. The third kappa shape index (κ3) is 4.57. The summed E-state index contributed by atoms with van der Waals surface area (Å²) in [5.41, 5.74) is -1.14. The highest BCUT2D eigenvalue weighted by atomic mass is 19.4. The van der Waals surface area contributed by atoms with Crippen LogP contribution in [0.15, 0.2) is 42.7 Å². The van der Waals surface area contributed by atoms with Crippen molar-refractivity contribution in [2.75, 3.05) is 0 Å². The summed E-state index contributed by atoms with van der Waals surface area (Å²) in [6, 6.07) is 4.85. The molecule has 0 atom stereocenters. The maximum Gasteiger partial charge on any atom is 0.416 e. The van der Waals surface area contributed by atoms with E-state index in [0.29, 0.717) is 29.1 Å². The third-order valence-electron chi connectivity index (χ3n) is 4.24. The van der Waals surface area contributed by atoms with Gasteiger partial charge in [-0.1, -0.05) is 19.1 Å². The molecule has 0 radical (unpaired) electrons. The van der Waals surface area contributed by atoms with E-state index in [2.05, 4.69) is 15.3 Å². The average Bonchev–Trinajstić information content (AvgIpc) is 3.04. The molecule has 0 amide bonds. The minimum Gasteiger partial charge on any atom is -0.265 e. The van der Waals surface area contributed by atoms with Crippen LogP contribution in [0, 0.1) is 0 Å². The fourth-order valence-corrected chi connectivity index (χ4v) is 2.92. The summed E-state index contributed by atoms with van der Waals surface area (Å²) < 4.78 is 80.0. The van der Waals surface area contributed by atoms with Crippen molar-refractivity contribution in [2.45, 2.75) is 38.7 Å². The SMILES string of the molecule is CC(C)c1nnn(Cc2cc(C(F)(F)F)cc(C(F)(F)F)c2)c1-c1ccncc1. The van der Waals surface area contributed by atoms with Gasteiger partial charge in [0, 0.05) is 18.0 Å². The molecule has 0 fully saturated rings. The predicted octanol–water partition coefficient (Wildman–Crippen LogP) is 5.55. The molecule has 4 nitrogen and oxygen atoms in total. The molecule has 154 valence electrons. The van der Waals surface area contributed by atoms with Crippen LogP contribution < -0.4 is 0 Å². The van der Waals surface area contributed by atoms with E-state index in [0.717, 1.165) is 0 Å². The van der Waals surface area contributed by atoms with Gasteiger partial charge in [0.1, 0.15) is 0 Å². The predicted molar refractivity (Wildman–Crippen MR) is 92.9 cm³/mol. The van der Waals surface area contributed by atoms with E-state index < -0.39 is 23.5 Å². The van der Waals surface area contributed by atoms with E-state index in [1.807, 2.05) is 13.8 Å². The van der Waals surface area contributed by atoms with Crippen LogP contribution in [0.1, 0.15) is 42.1 Å². The fraction of sp³-hybridized carbons (Fsp3) is 0.316. The van der Waals surface area contributed by atoms with Gasteiger partial charge < -0.3 is 0 Å². The zero-order chi connectivity index (χ0) is 21.4. The van der Waals surface area contributed by atoms with Crippen LogP contribution in [0.3, 0.4) is 0 Å². The molecule has 0 saturated carbocycles. The molecule has 0 aliphatic carbocycles. The Morgan fingerprint density at radius 3 is 1.93 bits per heavy atom. The molecule has 10 heteroatoms. The van der Waals surface area contributed by atoms with Crippen LogP contribution in [-0.2, 0) is 18.9 Å². The lowest BCUT2D eigenvalue weighted by Gasteiger charge is -2.15. The van der Waals surface area contributed by atoms with Crippen LogP contribution in [0.4, 0.5) is 26.3 Å². The van der Waals surface area contributed by atoms with Crippen LogP contribution in [0.25, 0.3) is 11.3 Å². The van der Waals surface area contributed by atoms with E-state index >= 15 is 0 Å². The number of hydrogen-bond donors (Lipinski definition) is 0. The first-order valence-corrected chi connectivity index (χ1v) is 8.59. The molecule has 1 aromatic carbocycles. The number of benzene rings is 1. The zero-order valence-electron chi connectivity index (χ0n) is 15.4. The lowest BCUT2D eigenvalue weighted by molar-refractivity contribution is -0.143. The monoisotopic (exact) mass is 414 g/mol. The van der Waals surface area contributed by atoms with Crippen molar-refractivity contribution in [1.29, 1.82) is 0 Å². The molecule has 0 aliphatic rings. The molecule has 0 aliphatic heterocycles. The summed E-state index contributed by atoms with van der Waals surface area (Å²) in [5.74, 6) is -0.0563. The molecule has 29 heavy (non-hydrogen) atoms. The van der Waals surface area contributed by atoms with E-state index in [9.17, 15) is 26.3 Å². The highest BCUT2D eigenvalue weighted by Gasteiger charge is 2.37. The number of nitrogens with zero attached hydrogens (tertiary/aromatic N) is 4. The first-order valence-electron chi connectivity index (χ1n) is 8.59. The Morgan fingerprint density at radius 2 is 1.45 bits per heavy atom. The molecule has 0 unspecified atom stereocenters. The van der Waals surface area contributed by atoms with Gasteiger partial charge in [0.2, 0.25) is 0 Å². The van der Waals surface area contributed by atoms with E-state index in [1.54, 1.807) is 12.1 Å². The van der Waals surface area contributed by atoms with Gasteiger partial charge in [-0.2, -0.15) is 26.3 Å². The van der Waals surface area contributed by atoms with Gasteiger partial charge in [0.25, 0.3) is 0 Å². The maximum atomic E-state index is 13.1. The Hall–Kier alpha value is -2.91. The van der Waals surface area contributed by atoms with Crippen LogP contribution >= 0.6 is 0 Å². The summed E-state index contributed by atoms with van der Waals surface area (Å²) in [7, 11) is 0. The molecular weight excluding hydrogens is 398 g/mol. The number of alkyl halides is 6. The quantitative estimate of drug-likeness (QED) is 0.526. The number of rotatable bonds is 4. The number of pyridine rings is 1. The molecule has 0 saturated heterocycles. The van der Waals surface area contributed by atoms with Gasteiger partial charge in [-0.15, -0.1) is 5.10 Å². The van der Waals surface area contributed by atoms with Crippen molar-refractivity contribution in [1.82, 2.24) is 20.0 Å². The van der Waals surface area contributed by atoms with Crippen LogP contribution in [0.5, 0.6) is 0 Å². The number of aromatic nitrogens is 4. The Labute approximate surface area is 162 Å². The van der Waals surface area contributed by atoms with Crippen LogP contribution in [0.2, 0.25) is 0 Å². The van der Waals surface area contributed by atoms with Gasteiger partial charge in [-0.3, -0.25) is 4.98 Å². The number of halogens is 6. The van der Waals surface area contributed by atoms with Gasteiger partial charge >= 0.3 is 12.4 Å². The van der Waals surface area contributed by atoms with E-state index in [4.69, 9.17) is 0 Å². The van der Waals surface area contributed by atoms with Gasteiger partial charge in [0.05, 0.1) is 29.1 Å². The van der Waals surface area contributed by atoms with Crippen molar-refractivity contribution in [3.05, 3.63) is 65.1 Å². The summed E-state index contributed by atoms with van der Waals surface area (Å²) >= 11 is 0. The molecule has 2 heterocycles. The molecule has 0 bridgehead atoms. The highest BCUT2D eigenvalue weighted by molar-refractivity contribution is 5.62. The Kier molecular flexibility index (Phi) is 5.38. The lowest BCUT2D eigenvalue weighted by Crippen LogP contribution is -2.13. The summed E-state index contributed by atoms with van der Waals surface area (Å²) in [5, 5.41) is 8.06. The molecule has 3 aromatic rings. The lowest BCUT2D eigenvalue weighted by atomic mass is 10.0. The molecule has 0 spiro atoms. The van der Waals surface area contributed by atoms with E-state index in [1.165, 1.54) is 17.1 Å². The average molecular weight is 414 g/mol. The smallest absolute Gasteiger partial charge is 0.265 e. The Balaban J connectivity index is 2.11. The standard InChI is InChI=1S/C19H16F6N4/c1-11(2)16-17(13-3-5-26-6-4-13)29(28-27-16)10-12-7-14(18(20,21)22)9-15(8-12)19(23,24)25/h3-9,11H,10H2,1-2H3. The van der Waals surface area contributed by atoms with Crippen molar-refractivity contribution in [3.8, 4) is 11.3 Å². The second kappa shape index (κ2) is 7.49. The van der Waals surface area contributed by atoms with Gasteiger partial charge in [-0.25, -0.2) is 4.68 Å². The third-order valence-corrected chi connectivity index (χ3v) is 4.24. The first kappa shape index (κ1) is 20.8. The fourth-order valence-electron chi connectivity index (χ4n) is 2.92. The van der Waals surface area contributed by atoms with Crippen molar-refractivity contribution >= 4 is 0 Å². The van der Waals surface area contributed by atoms with Crippen molar-refractivity contribution in [2.24, 2.45) is 0 Å². The summed E-state index contributed by atoms with van der Waals surface area (Å²) in [6.45, 7) is 3.43. The van der Waals surface area contributed by atoms with Crippen molar-refractivity contribution < 1.29 is 26.3 Å². The largest absolute Gasteiger partial charge is 0.416 e. The molecule has 2 aromatic heterocycles. The molecule has 0 N–H and O–H groups in total. The molecule has 3 rings (SSSR count). The second-order valence-corrected chi connectivity index (χ2v) is 6.79. The van der Waals surface area contributed by atoms with Crippen LogP contribution in [-0.4, -0.2) is 20.0 Å². The number of hydrogen-bond acceptors (Lipinski definition) is 3. The Bertz CT molecular complexity index is 958. The highest BCUT2D eigenvalue weighted by Crippen LogP contribution is 2.37. The normalized spacial score (nSPS) is 12.6. The van der Waals surface area contributed by atoms with E-state index in [-0.39, 0.29) is 24.1 Å². The first-order chi connectivity index (χ1) is 13.5. The van der Waals surface area contributed by atoms with Gasteiger partial charge in [0.15, 0.2) is 0 Å². The second-order valence-electron chi connectivity index (χ2n) is 6.79. The minimum atomic E-state index is -4.91.